The molecule has 1 aliphatic heterocycles. The van der Waals surface area contributed by atoms with Crippen LogP contribution in [0.1, 0.15) is 57.4 Å². The third kappa shape index (κ3) is 7.34. The van der Waals surface area contributed by atoms with Crippen LogP contribution in [0.5, 0.6) is 0 Å². The van der Waals surface area contributed by atoms with E-state index in [1.807, 2.05) is 12.1 Å². The van der Waals surface area contributed by atoms with Gasteiger partial charge in [-0.3, -0.25) is 9.59 Å². The number of likely N-dealkylation sites (tertiary alicyclic amines) is 1. The number of hydrogen-bond acceptors (Lipinski definition) is 4. The zero-order chi connectivity index (χ0) is 26.6. The molecule has 0 radical (unpaired) electrons. The highest BCUT2D eigenvalue weighted by Crippen LogP contribution is 2.33. The van der Waals surface area contributed by atoms with E-state index >= 15 is 0 Å². The van der Waals surface area contributed by atoms with Gasteiger partial charge in [-0.25, -0.2) is 8.78 Å². The molecule has 3 atom stereocenters. The van der Waals surface area contributed by atoms with Crippen molar-refractivity contribution in [3.05, 3.63) is 70.8 Å². The van der Waals surface area contributed by atoms with E-state index in [2.05, 4.69) is 43.5 Å². The predicted octanol–water partition coefficient (Wildman–Crippen LogP) is 3.48. The number of amides is 2. The van der Waals surface area contributed by atoms with Gasteiger partial charge in [-0.05, 0) is 40.7 Å². The van der Waals surface area contributed by atoms with Crippen LogP contribution in [0.4, 0.5) is 8.78 Å². The first-order valence-corrected chi connectivity index (χ1v) is 12.3. The molecule has 0 aliphatic carbocycles. The van der Waals surface area contributed by atoms with Gasteiger partial charge in [0, 0.05) is 51.5 Å². The Bertz CT molecular complexity index is 1060. The molecule has 2 amide bonds. The molecule has 1 fully saturated rings. The molecule has 1 saturated heterocycles. The zero-order valence-corrected chi connectivity index (χ0v) is 21.6. The van der Waals surface area contributed by atoms with Gasteiger partial charge in [0.2, 0.25) is 11.8 Å². The molecule has 0 saturated carbocycles. The lowest BCUT2D eigenvalue weighted by molar-refractivity contribution is -0.135. The van der Waals surface area contributed by atoms with Crippen molar-refractivity contribution in [2.75, 3.05) is 19.6 Å². The average molecular weight is 502 g/mol. The molecule has 2 aromatic rings. The van der Waals surface area contributed by atoms with Crippen molar-refractivity contribution in [2.45, 2.75) is 64.6 Å². The minimum absolute atomic E-state index is 0.0292. The molecule has 2 aromatic carbocycles. The SMILES string of the molecule is CC(=O)NC(Cc1cc(F)cc(F)c1)C(O)CNC(c1cccc(C(C)(C)C)c1)C1CN(C(C)=O)C1. The van der Waals surface area contributed by atoms with Gasteiger partial charge in [0.15, 0.2) is 0 Å². The van der Waals surface area contributed by atoms with Crippen LogP contribution in [-0.4, -0.2) is 53.6 Å². The summed E-state index contributed by atoms with van der Waals surface area (Å²) >= 11 is 0. The molecule has 3 N–H and O–H groups in total. The topological polar surface area (TPSA) is 81.7 Å². The Balaban J connectivity index is 1.78. The lowest BCUT2D eigenvalue weighted by Crippen LogP contribution is -2.55. The van der Waals surface area contributed by atoms with E-state index in [9.17, 15) is 23.5 Å². The number of aliphatic hydroxyl groups excluding tert-OH is 1. The van der Waals surface area contributed by atoms with Gasteiger partial charge in [-0.15, -0.1) is 0 Å². The summed E-state index contributed by atoms with van der Waals surface area (Å²) in [7, 11) is 0. The number of aliphatic hydroxyl groups is 1. The minimum Gasteiger partial charge on any atom is -0.390 e. The molecule has 3 unspecified atom stereocenters. The zero-order valence-electron chi connectivity index (χ0n) is 21.6. The summed E-state index contributed by atoms with van der Waals surface area (Å²) < 4.78 is 27.4. The minimum atomic E-state index is -1.02. The number of nitrogens with one attached hydrogen (secondary N) is 2. The van der Waals surface area contributed by atoms with Crippen molar-refractivity contribution >= 4 is 11.8 Å². The van der Waals surface area contributed by atoms with Gasteiger partial charge in [0.05, 0.1) is 12.1 Å². The van der Waals surface area contributed by atoms with E-state index in [4.69, 9.17) is 0 Å². The fourth-order valence-corrected chi connectivity index (χ4v) is 4.65. The predicted molar refractivity (Wildman–Crippen MR) is 135 cm³/mol. The summed E-state index contributed by atoms with van der Waals surface area (Å²) in [6.07, 6.45) is -0.944. The number of halogens is 2. The molecule has 0 aromatic heterocycles. The molecular formula is C28H37F2N3O3. The first-order chi connectivity index (χ1) is 16.8. The standard InChI is InChI=1S/C28H37F2N3O3/c1-17(34)32-25(11-19-9-23(29)13-24(30)10-19)26(36)14-31-27(21-15-33(16-21)18(2)35)20-7-6-8-22(12-20)28(3,4)5/h6-10,12-13,21,25-27,31,36H,11,14-16H2,1-5H3,(H,32,34). The first kappa shape index (κ1) is 27.7. The number of nitrogens with zero attached hydrogens (tertiary/aromatic N) is 1. The Labute approximate surface area is 212 Å². The van der Waals surface area contributed by atoms with E-state index < -0.39 is 23.8 Å². The highest BCUT2D eigenvalue weighted by atomic mass is 19.1. The Morgan fingerprint density at radius 1 is 1.08 bits per heavy atom. The second kappa shape index (κ2) is 11.5. The number of carbonyl (C=O) groups excluding carboxylic acids is 2. The van der Waals surface area contributed by atoms with E-state index in [1.54, 1.807) is 11.8 Å². The third-order valence-corrected chi connectivity index (χ3v) is 6.72. The maximum atomic E-state index is 13.7. The fourth-order valence-electron chi connectivity index (χ4n) is 4.65. The molecule has 196 valence electrons. The monoisotopic (exact) mass is 501 g/mol. The highest BCUT2D eigenvalue weighted by molar-refractivity contribution is 5.74. The normalized spacial score (nSPS) is 16.7. The molecule has 36 heavy (non-hydrogen) atoms. The van der Waals surface area contributed by atoms with Gasteiger partial charge in [-0.1, -0.05) is 45.0 Å². The van der Waals surface area contributed by atoms with Crippen molar-refractivity contribution in [2.24, 2.45) is 5.92 Å². The second-order valence-electron chi connectivity index (χ2n) is 10.8. The second-order valence-corrected chi connectivity index (χ2v) is 10.8. The summed E-state index contributed by atoms with van der Waals surface area (Å²) in [4.78, 5) is 25.4. The van der Waals surface area contributed by atoms with Gasteiger partial charge in [-0.2, -0.15) is 0 Å². The van der Waals surface area contributed by atoms with Crippen LogP contribution in [-0.2, 0) is 21.4 Å². The summed E-state index contributed by atoms with van der Waals surface area (Å²) in [5, 5.41) is 17.2. The highest BCUT2D eigenvalue weighted by Gasteiger charge is 2.36. The Morgan fingerprint density at radius 2 is 1.72 bits per heavy atom. The molecular weight excluding hydrogens is 464 g/mol. The Morgan fingerprint density at radius 3 is 2.28 bits per heavy atom. The average Bonchev–Trinajstić information content (AvgIpc) is 2.72. The van der Waals surface area contributed by atoms with Gasteiger partial charge >= 0.3 is 0 Å². The molecule has 6 nitrogen and oxygen atoms in total. The number of hydrogen-bond donors (Lipinski definition) is 3. The Hall–Kier alpha value is -2.84. The van der Waals surface area contributed by atoms with Crippen LogP contribution >= 0.6 is 0 Å². The summed E-state index contributed by atoms with van der Waals surface area (Å²) in [6.45, 7) is 10.7. The molecule has 0 spiro atoms. The van der Waals surface area contributed by atoms with Crippen molar-refractivity contribution in [1.82, 2.24) is 15.5 Å². The molecule has 8 heteroatoms. The van der Waals surface area contributed by atoms with Crippen molar-refractivity contribution < 1.29 is 23.5 Å². The number of benzene rings is 2. The van der Waals surface area contributed by atoms with Crippen LogP contribution in [0.2, 0.25) is 0 Å². The Kier molecular flexibility index (Phi) is 8.84. The third-order valence-electron chi connectivity index (χ3n) is 6.72. The smallest absolute Gasteiger partial charge is 0.219 e. The van der Waals surface area contributed by atoms with E-state index in [0.29, 0.717) is 18.7 Å². The van der Waals surface area contributed by atoms with Crippen LogP contribution in [0.25, 0.3) is 0 Å². The van der Waals surface area contributed by atoms with E-state index in [1.165, 1.54) is 24.6 Å². The maximum absolute atomic E-state index is 13.7. The summed E-state index contributed by atoms with van der Waals surface area (Å²) in [6, 6.07) is 10.6. The molecule has 1 aliphatic rings. The number of carbonyl (C=O) groups is 2. The van der Waals surface area contributed by atoms with E-state index in [-0.39, 0.29) is 42.2 Å². The lowest BCUT2D eigenvalue weighted by Gasteiger charge is -2.44. The fraction of sp³-hybridized carbons (Fsp3) is 0.500. The van der Waals surface area contributed by atoms with Gasteiger partial charge in [0.1, 0.15) is 11.6 Å². The summed E-state index contributed by atoms with van der Waals surface area (Å²) in [5.74, 6) is -1.58. The van der Waals surface area contributed by atoms with Crippen LogP contribution < -0.4 is 10.6 Å². The van der Waals surface area contributed by atoms with Crippen molar-refractivity contribution in [3.8, 4) is 0 Å². The van der Waals surface area contributed by atoms with Crippen LogP contribution in [0.15, 0.2) is 42.5 Å². The molecule has 3 rings (SSSR count). The molecule has 0 bridgehead atoms. The van der Waals surface area contributed by atoms with Crippen molar-refractivity contribution in [3.63, 3.8) is 0 Å². The van der Waals surface area contributed by atoms with Gasteiger partial charge in [0.25, 0.3) is 0 Å². The summed E-state index contributed by atoms with van der Waals surface area (Å²) in [5.41, 5.74) is 2.54. The maximum Gasteiger partial charge on any atom is 0.219 e. The number of rotatable bonds is 9. The van der Waals surface area contributed by atoms with Crippen molar-refractivity contribution in [1.29, 1.82) is 0 Å². The quantitative estimate of drug-likeness (QED) is 0.492. The van der Waals surface area contributed by atoms with Crippen LogP contribution in [0.3, 0.4) is 0 Å². The first-order valence-electron chi connectivity index (χ1n) is 12.3. The van der Waals surface area contributed by atoms with Gasteiger partial charge < -0.3 is 20.6 Å². The lowest BCUT2D eigenvalue weighted by atomic mass is 9.82. The largest absolute Gasteiger partial charge is 0.390 e. The van der Waals surface area contributed by atoms with E-state index in [0.717, 1.165) is 11.6 Å². The molecule has 1 heterocycles. The van der Waals surface area contributed by atoms with Crippen LogP contribution in [0, 0.1) is 17.6 Å².